The number of pyridine rings is 1. The van der Waals surface area contributed by atoms with Gasteiger partial charge in [0.1, 0.15) is 17.9 Å². The first-order valence-corrected chi connectivity index (χ1v) is 16.1. The van der Waals surface area contributed by atoms with Crippen LogP contribution in [0.4, 0.5) is 10.1 Å². The molecule has 0 amide bonds. The van der Waals surface area contributed by atoms with Gasteiger partial charge in [-0.25, -0.2) is 9.18 Å². The lowest BCUT2D eigenvalue weighted by atomic mass is 9.93. The fourth-order valence-electron chi connectivity index (χ4n) is 7.34. The Labute approximate surface area is 267 Å². The number of carboxylic acid groups (broad SMARTS) is 1. The second-order valence-electron chi connectivity index (χ2n) is 12.7. The third-order valence-corrected chi connectivity index (χ3v) is 9.67. The quantitative estimate of drug-likeness (QED) is 0.277. The molecule has 238 valence electrons. The van der Waals surface area contributed by atoms with Crippen LogP contribution in [0.25, 0.3) is 16.5 Å². The molecule has 0 bridgehead atoms. The molecule has 4 aromatic rings. The Morgan fingerprint density at radius 1 is 1.09 bits per heavy atom. The first-order valence-electron chi connectivity index (χ1n) is 16.1. The van der Waals surface area contributed by atoms with Crippen molar-refractivity contribution in [2.45, 2.75) is 38.3 Å². The fourth-order valence-corrected chi connectivity index (χ4v) is 7.34. The number of benzene rings is 3. The van der Waals surface area contributed by atoms with Crippen LogP contribution in [0, 0.1) is 5.82 Å². The highest BCUT2D eigenvalue weighted by Crippen LogP contribution is 2.43. The standard InChI is InChI=1S/C37H39FN4O4/c1-23-22-46-36-33-30(35(43)31(37(44)45)21-42(23)33)18-32(38)34(36)41-17-16-40(2)20-26(41)19-39-15-7-12-29-27-10-5-3-8-24(27)13-14-25-9-4-6-11-28(25)29/h3-6,8-12,18,21,23,26,39H,7,13-17,19-20,22H2,1-2H3,(H,44,45)/t23-,26?/m0/s1. The second kappa shape index (κ2) is 12.4. The molecule has 0 radical (unpaired) electrons. The fraction of sp³-hybridized carbons (Fsp3) is 0.351. The highest BCUT2D eigenvalue weighted by molar-refractivity contribution is 5.97. The molecule has 2 N–H and O–H groups in total. The summed E-state index contributed by atoms with van der Waals surface area (Å²) in [6.45, 7) is 5.61. The van der Waals surface area contributed by atoms with Crippen LogP contribution in [0.2, 0.25) is 0 Å². The summed E-state index contributed by atoms with van der Waals surface area (Å²) in [5.74, 6) is -1.59. The molecule has 1 saturated heterocycles. The number of hydrogen-bond donors (Lipinski definition) is 2. The van der Waals surface area contributed by atoms with Gasteiger partial charge in [-0.2, -0.15) is 0 Å². The predicted molar refractivity (Wildman–Crippen MR) is 179 cm³/mol. The largest absolute Gasteiger partial charge is 0.487 e. The Morgan fingerprint density at radius 2 is 1.78 bits per heavy atom. The van der Waals surface area contributed by atoms with E-state index in [1.807, 2.05) is 6.92 Å². The van der Waals surface area contributed by atoms with Crippen molar-refractivity contribution >= 4 is 28.1 Å². The van der Waals surface area contributed by atoms with Crippen molar-refractivity contribution in [1.29, 1.82) is 0 Å². The number of carboxylic acids is 1. The molecule has 3 aliphatic rings. The van der Waals surface area contributed by atoms with Crippen molar-refractivity contribution in [1.82, 2.24) is 14.8 Å². The number of carbonyl (C=O) groups is 1. The van der Waals surface area contributed by atoms with Crippen molar-refractivity contribution in [2.75, 3.05) is 51.3 Å². The summed E-state index contributed by atoms with van der Waals surface area (Å²) in [6.07, 6.45) is 6.61. The zero-order valence-electron chi connectivity index (χ0n) is 26.3. The number of likely N-dealkylation sites (N-methyl/N-ethyl adjacent to an activating group) is 1. The first kappa shape index (κ1) is 30.2. The van der Waals surface area contributed by atoms with Gasteiger partial charge in [0.25, 0.3) is 0 Å². The minimum absolute atomic E-state index is 0.0289. The van der Waals surface area contributed by atoms with Gasteiger partial charge in [0, 0.05) is 32.4 Å². The number of ether oxygens (including phenoxy) is 1. The first-order chi connectivity index (χ1) is 22.3. The Kier molecular flexibility index (Phi) is 8.13. The van der Waals surface area contributed by atoms with E-state index in [4.69, 9.17) is 4.74 Å². The van der Waals surface area contributed by atoms with Crippen LogP contribution < -0.4 is 20.4 Å². The van der Waals surface area contributed by atoms with Gasteiger partial charge in [-0.1, -0.05) is 54.6 Å². The molecule has 2 aliphatic heterocycles. The van der Waals surface area contributed by atoms with Gasteiger partial charge in [0.15, 0.2) is 11.6 Å². The SMILES string of the molecule is C[C@H]1COc2c(N3CCN(C)CC3CNCCC=C3c4ccccc4CCc4ccccc43)c(F)cc3c(=O)c(C(=O)O)cn1c23. The van der Waals surface area contributed by atoms with Crippen molar-refractivity contribution in [3.05, 3.63) is 111 Å². The maximum Gasteiger partial charge on any atom is 0.341 e. The van der Waals surface area contributed by atoms with Crippen molar-refractivity contribution in [2.24, 2.45) is 0 Å². The Morgan fingerprint density at radius 3 is 2.48 bits per heavy atom. The molecule has 1 fully saturated rings. The van der Waals surface area contributed by atoms with E-state index in [9.17, 15) is 14.7 Å². The maximum absolute atomic E-state index is 16.1. The smallest absolute Gasteiger partial charge is 0.341 e. The lowest BCUT2D eigenvalue weighted by Gasteiger charge is -2.43. The van der Waals surface area contributed by atoms with Crippen LogP contribution in [0.1, 0.15) is 52.0 Å². The van der Waals surface area contributed by atoms with Gasteiger partial charge >= 0.3 is 5.97 Å². The van der Waals surface area contributed by atoms with Gasteiger partial charge in [0.2, 0.25) is 5.43 Å². The average molecular weight is 623 g/mol. The molecule has 3 heterocycles. The third kappa shape index (κ3) is 5.37. The zero-order valence-corrected chi connectivity index (χ0v) is 26.3. The minimum atomic E-state index is -1.33. The van der Waals surface area contributed by atoms with Crippen molar-refractivity contribution < 1.29 is 19.0 Å². The number of aromatic nitrogens is 1. The zero-order chi connectivity index (χ0) is 31.9. The average Bonchev–Trinajstić information content (AvgIpc) is 3.20. The third-order valence-electron chi connectivity index (χ3n) is 9.67. The van der Waals surface area contributed by atoms with E-state index in [0.717, 1.165) is 38.9 Å². The molecule has 1 aromatic heterocycles. The molecule has 46 heavy (non-hydrogen) atoms. The van der Waals surface area contributed by atoms with E-state index in [1.54, 1.807) is 4.57 Å². The number of aryl methyl sites for hydroxylation is 2. The van der Waals surface area contributed by atoms with Gasteiger partial charge in [-0.3, -0.25) is 4.79 Å². The molecule has 8 nitrogen and oxygen atoms in total. The number of hydrogen-bond acceptors (Lipinski definition) is 6. The Bertz CT molecular complexity index is 1870. The minimum Gasteiger partial charge on any atom is -0.487 e. The van der Waals surface area contributed by atoms with Crippen LogP contribution in [-0.2, 0) is 12.8 Å². The van der Waals surface area contributed by atoms with Crippen LogP contribution in [0.15, 0.2) is 71.7 Å². The number of halogens is 1. The topological polar surface area (TPSA) is 87.0 Å². The number of anilines is 1. The summed E-state index contributed by atoms with van der Waals surface area (Å²) in [6, 6.07) is 18.3. The van der Waals surface area contributed by atoms with E-state index in [-0.39, 0.29) is 29.6 Å². The van der Waals surface area contributed by atoms with Crippen LogP contribution in [0.3, 0.4) is 0 Å². The molecule has 1 aliphatic carbocycles. The Hall–Kier alpha value is -4.47. The van der Waals surface area contributed by atoms with Crippen molar-refractivity contribution in [3.63, 3.8) is 0 Å². The van der Waals surface area contributed by atoms with E-state index in [1.165, 1.54) is 40.1 Å². The number of rotatable bonds is 7. The molecule has 3 aromatic carbocycles. The van der Waals surface area contributed by atoms with Gasteiger partial charge in [0.05, 0.1) is 23.0 Å². The summed E-state index contributed by atoms with van der Waals surface area (Å²) < 4.78 is 24.0. The Balaban J connectivity index is 1.15. The summed E-state index contributed by atoms with van der Waals surface area (Å²) >= 11 is 0. The van der Waals surface area contributed by atoms with Crippen LogP contribution in [-0.4, -0.2) is 73.0 Å². The molecule has 0 saturated carbocycles. The summed E-state index contributed by atoms with van der Waals surface area (Å²) in [5.41, 5.74) is 6.36. The monoisotopic (exact) mass is 622 g/mol. The van der Waals surface area contributed by atoms with Gasteiger partial charge in [-0.05, 0) is 73.7 Å². The normalized spacial score (nSPS) is 19.3. The number of nitrogens with one attached hydrogen (secondary N) is 1. The van der Waals surface area contributed by atoms with Crippen LogP contribution >= 0.6 is 0 Å². The lowest BCUT2D eigenvalue weighted by Crippen LogP contribution is -2.56. The molecular weight excluding hydrogens is 583 g/mol. The van der Waals surface area contributed by atoms with Crippen LogP contribution in [0.5, 0.6) is 5.75 Å². The van der Waals surface area contributed by atoms with Gasteiger partial charge < -0.3 is 29.5 Å². The number of fused-ring (bicyclic) bond motifs is 2. The van der Waals surface area contributed by atoms with E-state index >= 15 is 4.39 Å². The summed E-state index contributed by atoms with van der Waals surface area (Å²) in [5, 5.41) is 13.3. The predicted octanol–water partition coefficient (Wildman–Crippen LogP) is 5.12. The second-order valence-corrected chi connectivity index (χ2v) is 12.7. The van der Waals surface area contributed by atoms with E-state index in [0.29, 0.717) is 30.0 Å². The van der Waals surface area contributed by atoms with E-state index in [2.05, 4.69) is 76.8 Å². The molecule has 1 unspecified atom stereocenters. The number of aromatic carboxylic acids is 1. The molecule has 0 spiro atoms. The maximum atomic E-state index is 16.1. The number of piperazine rings is 1. The summed E-state index contributed by atoms with van der Waals surface area (Å²) in [4.78, 5) is 29.2. The molecular formula is C37H39FN4O4. The van der Waals surface area contributed by atoms with E-state index < -0.39 is 17.2 Å². The van der Waals surface area contributed by atoms with Crippen molar-refractivity contribution in [3.8, 4) is 5.75 Å². The highest BCUT2D eigenvalue weighted by Gasteiger charge is 2.34. The molecule has 9 heteroatoms. The number of nitrogens with zero attached hydrogens (tertiary/aromatic N) is 3. The lowest BCUT2D eigenvalue weighted by molar-refractivity contribution is 0.0694. The molecule has 2 atom stereocenters. The summed E-state index contributed by atoms with van der Waals surface area (Å²) in [7, 11) is 2.07. The van der Waals surface area contributed by atoms with Gasteiger partial charge in [-0.15, -0.1) is 0 Å². The molecule has 7 rings (SSSR count). The highest BCUT2D eigenvalue weighted by atomic mass is 19.1.